The Labute approximate surface area is 91.0 Å². The second kappa shape index (κ2) is 3.38. The second-order valence-corrected chi connectivity index (χ2v) is 3.73. The molecule has 0 amide bonds. The largest absolute Gasteiger partial charge is 0.0836 e. The molecular formula is C10H3Cl3. The fourth-order valence-electron chi connectivity index (χ4n) is 1.11. The van der Waals surface area contributed by atoms with Crippen LogP contribution in [0.15, 0.2) is 18.2 Å². The number of benzene rings is 2. The van der Waals surface area contributed by atoms with Crippen LogP contribution in [0, 0.1) is 12.1 Å². The molecule has 0 saturated carbocycles. The van der Waals surface area contributed by atoms with Gasteiger partial charge in [0, 0.05) is 22.5 Å². The van der Waals surface area contributed by atoms with Crippen LogP contribution < -0.4 is 0 Å². The van der Waals surface area contributed by atoms with Crippen LogP contribution in [-0.4, -0.2) is 0 Å². The number of hydrogen-bond donors (Lipinski definition) is 0. The van der Waals surface area contributed by atoms with Crippen molar-refractivity contribution in [1.82, 2.24) is 0 Å². The predicted molar refractivity (Wildman–Crippen MR) is 56.7 cm³/mol. The Kier molecular flexibility index (Phi) is 2.37. The highest BCUT2D eigenvalue weighted by atomic mass is 35.5. The highest BCUT2D eigenvalue weighted by Gasteiger charge is 2.04. The van der Waals surface area contributed by atoms with Crippen molar-refractivity contribution in [2.24, 2.45) is 0 Å². The van der Waals surface area contributed by atoms with Crippen molar-refractivity contribution < 1.29 is 0 Å². The fraction of sp³-hybridized carbons (Fsp3) is 0. The van der Waals surface area contributed by atoms with Crippen LogP contribution in [0.25, 0.3) is 10.8 Å². The zero-order valence-corrected chi connectivity index (χ0v) is 8.63. The van der Waals surface area contributed by atoms with E-state index in [2.05, 4.69) is 12.1 Å². The molecular weight excluding hydrogens is 226 g/mol. The van der Waals surface area contributed by atoms with E-state index in [1.165, 1.54) is 0 Å². The molecule has 0 heterocycles. The summed E-state index contributed by atoms with van der Waals surface area (Å²) in [5.74, 6) is 0. The number of fused-ring (bicyclic) bond motifs is 1. The van der Waals surface area contributed by atoms with Gasteiger partial charge in [0.1, 0.15) is 0 Å². The van der Waals surface area contributed by atoms with Crippen LogP contribution >= 0.6 is 34.8 Å². The lowest BCUT2D eigenvalue weighted by atomic mass is 10.1. The molecule has 0 atom stereocenters. The van der Waals surface area contributed by atoms with Crippen molar-refractivity contribution in [3.63, 3.8) is 0 Å². The van der Waals surface area contributed by atoms with Gasteiger partial charge in [-0.25, -0.2) is 0 Å². The highest BCUT2D eigenvalue weighted by Crippen LogP contribution is 2.31. The van der Waals surface area contributed by atoms with Gasteiger partial charge in [-0.05, 0) is 23.6 Å². The SMILES string of the molecule is Clc1[c]cc2c[c]c(Cl)c(Cl)c2c1. The summed E-state index contributed by atoms with van der Waals surface area (Å²) in [4.78, 5) is 0. The highest BCUT2D eigenvalue weighted by molar-refractivity contribution is 6.45. The van der Waals surface area contributed by atoms with E-state index >= 15 is 0 Å². The van der Waals surface area contributed by atoms with Gasteiger partial charge in [0.2, 0.25) is 0 Å². The van der Waals surface area contributed by atoms with Crippen LogP contribution in [0.1, 0.15) is 0 Å². The molecule has 0 fully saturated rings. The van der Waals surface area contributed by atoms with Gasteiger partial charge in [0.15, 0.2) is 0 Å². The normalized spacial score (nSPS) is 10.7. The first-order valence-corrected chi connectivity index (χ1v) is 4.68. The van der Waals surface area contributed by atoms with Gasteiger partial charge in [0.25, 0.3) is 0 Å². The number of hydrogen-bond acceptors (Lipinski definition) is 0. The maximum Gasteiger partial charge on any atom is 0.0677 e. The molecule has 0 aliphatic heterocycles. The van der Waals surface area contributed by atoms with Gasteiger partial charge in [-0.2, -0.15) is 0 Å². The predicted octanol–water partition coefficient (Wildman–Crippen LogP) is 4.40. The van der Waals surface area contributed by atoms with E-state index in [4.69, 9.17) is 34.8 Å². The minimum atomic E-state index is 0.413. The third-order valence-electron chi connectivity index (χ3n) is 1.73. The minimum absolute atomic E-state index is 0.413. The van der Waals surface area contributed by atoms with E-state index in [-0.39, 0.29) is 0 Å². The van der Waals surface area contributed by atoms with E-state index < -0.39 is 0 Å². The first-order chi connectivity index (χ1) is 6.18. The lowest BCUT2D eigenvalue weighted by Gasteiger charge is -2.01. The number of halogens is 3. The van der Waals surface area contributed by atoms with Crippen LogP contribution in [0.4, 0.5) is 0 Å². The van der Waals surface area contributed by atoms with Gasteiger partial charge >= 0.3 is 0 Å². The van der Waals surface area contributed by atoms with Crippen molar-refractivity contribution in [2.75, 3.05) is 0 Å². The summed E-state index contributed by atoms with van der Waals surface area (Å²) in [6.45, 7) is 0. The molecule has 2 aromatic rings. The third kappa shape index (κ3) is 1.62. The first kappa shape index (κ1) is 9.14. The second-order valence-electron chi connectivity index (χ2n) is 2.57. The van der Waals surface area contributed by atoms with Crippen LogP contribution in [0.5, 0.6) is 0 Å². The van der Waals surface area contributed by atoms with Crippen LogP contribution in [-0.2, 0) is 0 Å². The zero-order chi connectivity index (χ0) is 9.42. The van der Waals surface area contributed by atoms with Gasteiger partial charge in [0.05, 0.1) is 10.0 Å². The Hall–Kier alpha value is -0.430. The summed E-state index contributed by atoms with van der Waals surface area (Å²) >= 11 is 17.5. The summed E-state index contributed by atoms with van der Waals surface area (Å²) in [6.07, 6.45) is 0. The van der Waals surface area contributed by atoms with E-state index in [1.54, 1.807) is 18.2 Å². The topological polar surface area (TPSA) is 0 Å². The first-order valence-electron chi connectivity index (χ1n) is 3.55. The summed E-state index contributed by atoms with van der Waals surface area (Å²) in [5, 5.41) is 3.18. The quantitative estimate of drug-likeness (QED) is 0.628. The molecule has 13 heavy (non-hydrogen) atoms. The Bertz CT molecular complexity index is 458. The van der Waals surface area contributed by atoms with E-state index in [0.717, 1.165) is 10.8 Å². The third-order valence-corrected chi connectivity index (χ3v) is 2.74. The van der Waals surface area contributed by atoms with E-state index in [9.17, 15) is 0 Å². The minimum Gasteiger partial charge on any atom is -0.0836 e. The summed E-state index contributed by atoms with van der Waals surface area (Å²) in [6, 6.07) is 11.0. The maximum absolute atomic E-state index is 5.96. The van der Waals surface area contributed by atoms with Gasteiger partial charge in [-0.1, -0.05) is 34.8 Å². The van der Waals surface area contributed by atoms with Crippen LogP contribution in [0.2, 0.25) is 15.1 Å². The average molecular weight is 229 g/mol. The Balaban J connectivity index is 2.89. The summed E-state index contributed by atoms with van der Waals surface area (Å²) < 4.78 is 0. The Morgan fingerprint density at radius 1 is 1.00 bits per heavy atom. The molecule has 2 aromatic carbocycles. The van der Waals surface area contributed by atoms with E-state index in [1.807, 2.05) is 0 Å². The lowest BCUT2D eigenvalue weighted by molar-refractivity contribution is 1.72. The monoisotopic (exact) mass is 228 g/mol. The van der Waals surface area contributed by atoms with Crippen molar-refractivity contribution in [3.8, 4) is 0 Å². The molecule has 0 bridgehead atoms. The molecule has 0 saturated heterocycles. The molecule has 0 aliphatic rings. The van der Waals surface area contributed by atoms with Crippen molar-refractivity contribution in [1.29, 1.82) is 0 Å². The standard InChI is InChI=1S/C10H3Cl3/c11-7-3-1-6-2-4-9(12)10(13)8(6)5-7/h1-2,5H. The molecule has 64 valence electrons. The van der Waals surface area contributed by atoms with Crippen LogP contribution in [0.3, 0.4) is 0 Å². The maximum atomic E-state index is 5.96. The molecule has 0 N–H and O–H groups in total. The molecule has 0 spiro atoms. The molecule has 2 rings (SSSR count). The van der Waals surface area contributed by atoms with Gasteiger partial charge in [-0.15, -0.1) is 0 Å². The molecule has 0 nitrogen and oxygen atoms in total. The van der Waals surface area contributed by atoms with Crippen molar-refractivity contribution >= 4 is 45.6 Å². The lowest BCUT2D eigenvalue weighted by Crippen LogP contribution is -1.76. The van der Waals surface area contributed by atoms with Crippen molar-refractivity contribution in [3.05, 3.63) is 45.4 Å². The summed E-state index contributed by atoms with van der Waals surface area (Å²) in [5.41, 5.74) is 0. The van der Waals surface area contributed by atoms with E-state index in [0.29, 0.717) is 15.1 Å². The molecule has 2 radical (unpaired) electrons. The van der Waals surface area contributed by atoms with Gasteiger partial charge < -0.3 is 0 Å². The van der Waals surface area contributed by atoms with Gasteiger partial charge in [-0.3, -0.25) is 0 Å². The number of rotatable bonds is 0. The Morgan fingerprint density at radius 2 is 1.69 bits per heavy atom. The smallest absolute Gasteiger partial charge is 0.0677 e. The average Bonchev–Trinajstić information content (AvgIpc) is 2.12. The summed E-state index contributed by atoms with van der Waals surface area (Å²) in [7, 11) is 0. The van der Waals surface area contributed by atoms with Crippen molar-refractivity contribution in [2.45, 2.75) is 0 Å². The molecule has 0 aromatic heterocycles. The molecule has 0 unspecified atom stereocenters. The molecule has 3 heteroatoms. The molecule has 0 aliphatic carbocycles. The fourth-order valence-corrected chi connectivity index (χ4v) is 1.65. The zero-order valence-electron chi connectivity index (χ0n) is 6.37. The Morgan fingerprint density at radius 3 is 2.46 bits per heavy atom.